The van der Waals surface area contributed by atoms with Crippen LogP contribution in [0.2, 0.25) is 0 Å². The Morgan fingerprint density at radius 1 is 1.27 bits per heavy atom. The van der Waals surface area contributed by atoms with Gasteiger partial charge < -0.3 is 11.1 Å². The summed E-state index contributed by atoms with van der Waals surface area (Å²) in [5, 5.41) is 3.25. The maximum Gasteiger partial charge on any atom is 0.234 e. The normalized spacial score (nSPS) is 14.9. The minimum Gasteiger partial charge on any atom is -0.368 e. The number of unbranched alkanes of at least 4 members (excludes halogenated alkanes) is 1. The van der Waals surface area contributed by atoms with Gasteiger partial charge in [0.25, 0.3) is 0 Å². The van der Waals surface area contributed by atoms with Crippen LogP contribution in [0.3, 0.4) is 0 Å². The maximum atomic E-state index is 11.0. The molecule has 0 rings (SSSR count). The van der Waals surface area contributed by atoms with Crippen molar-refractivity contribution in [2.24, 2.45) is 11.7 Å². The van der Waals surface area contributed by atoms with Crippen LogP contribution >= 0.6 is 0 Å². The van der Waals surface area contributed by atoms with Gasteiger partial charge in [0.15, 0.2) is 0 Å². The van der Waals surface area contributed by atoms with Crippen LogP contribution < -0.4 is 11.1 Å². The topological polar surface area (TPSA) is 55.1 Å². The summed E-state index contributed by atoms with van der Waals surface area (Å²) in [5.74, 6) is 0.446. The van der Waals surface area contributed by atoms with Crippen molar-refractivity contribution >= 4 is 5.91 Å². The number of hydrogen-bond donors (Lipinski definition) is 2. The van der Waals surface area contributed by atoms with Crippen molar-refractivity contribution in [2.45, 2.75) is 58.9 Å². The highest BCUT2D eigenvalue weighted by molar-refractivity contribution is 5.79. The molecule has 0 aliphatic rings. The first kappa shape index (κ1) is 14.4. The lowest BCUT2D eigenvalue weighted by Crippen LogP contribution is -2.42. The van der Waals surface area contributed by atoms with E-state index in [1.54, 1.807) is 0 Å². The molecule has 0 aromatic rings. The van der Waals surface area contributed by atoms with Crippen molar-refractivity contribution in [3.05, 3.63) is 0 Å². The highest BCUT2D eigenvalue weighted by atomic mass is 16.1. The predicted octanol–water partition coefficient (Wildman–Crippen LogP) is 2.06. The second-order valence-corrected chi connectivity index (χ2v) is 4.19. The van der Waals surface area contributed by atoms with E-state index in [0.717, 1.165) is 13.0 Å². The number of amides is 1. The van der Waals surface area contributed by atoms with Crippen LogP contribution in [-0.4, -0.2) is 18.5 Å². The van der Waals surface area contributed by atoms with Crippen molar-refractivity contribution in [1.82, 2.24) is 5.32 Å². The first-order chi connectivity index (χ1) is 7.15. The highest BCUT2D eigenvalue weighted by Gasteiger charge is 2.13. The number of hydrogen-bond acceptors (Lipinski definition) is 2. The molecule has 90 valence electrons. The first-order valence-corrected chi connectivity index (χ1v) is 6.18. The van der Waals surface area contributed by atoms with E-state index >= 15 is 0 Å². The van der Waals surface area contributed by atoms with Gasteiger partial charge >= 0.3 is 0 Å². The third kappa shape index (κ3) is 6.50. The lowest BCUT2D eigenvalue weighted by Gasteiger charge is -2.19. The molecule has 0 aromatic heterocycles. The molecule has 1 amide bonds. The summed E-state index contributed by atoms with van der Waals surface area (Å²) < 4.78 is 0. The Kier molecular flexibility index (Phi) is 8.38. The number of rotatable bonds is 9. The number of carbonyl (C=O) groups is 1. The summed E-state index contributed by atoms with van der Waals surface area (Å²) in [7, 11) is 0. The average molecular weight is 214 g/mol. The molecule has 0 aliphatic heterocycles. The van der Waals surface area contributed by atoms with Gasteiger partial charge in [0.1, 0.15) is 0 Å². The standard InChI is InChI=1S/C12H26N2O/c1-4-7-8-10(5-2)9-14-11(6-3)12(13)15/h10-11,14H,4-9H2,1-3H3,(H2,13,15). The van der Waals surface area contributed by atoms with E-state index in [2.05, 4.69) is 19.2 Å². The second-order valence-electron chi connectivity index (χ2n) is 4.19. The van der Waals surface area contributed by atoms with Crippen LogP contribution in [0.15, 0.2) is 0 Å². The van der Waals surface area contributed by atoms with Gasteiger partial charge in [-0.3, -0.25) is 4.79 Å². The van der Waals surface area contributed by atoms with Crippen molar-refractivity contribution in [2.75, 3.05) is 6.54 Å². The minimum atomic E-state index is -0.233. The molecule has 0 spiro atoms. The molecule has 3 N–H and O–H groups in total. The molecule has 3 nitrogen and oxygen atoms in total. The predicted molar refractivity (Wildman–Crippen MR) is 64.6 cm³/mol. The molecular weight excluding hydrogens is 188 g/mol. The highest BCUT2D eigenvalue weighted by Crippen LogP contribution is 2.11. The summed E-state index contributed by atoms with van der Waals surface area (Å²) in [6, 6.07) is -0.152. The molecule has 2 atom stereocenters. The Hall–Kier alpha value is -0.570. The van der Waals surface area contributed by atoms with Crippen molar-refractivity contribution in [3.8, 4) is 0 Å². The summed E-state index contributed by atoms with van der Waals surface area (Å²) in [4.78, 5) is 11.0. The first-order valence-electron chi connectivity index (χ1n) is 6.18. The monoisotopic (exact) mass is 214 g/mol. The molecule has 0 saturated carbocycles. The van der Waals surface area contributed by atoms with Gasteiger partial charge in [-0.15, -0.1) is 0 Å². The molecule has 15 heavy (non-hydrogen) atoms. The van der Waals surface area contributed by atoms with Gasteiger partial charge in [-0.2, -0.15) is 0 Å². The van der Waals surface area contributed by atoms with Gasteiger partial charge in [0.05, 0.1) is 6.04 Å². The smallest absolute Gasteiger partial charge is 0.234 e. The fraction of sp³-hybridized carbons (Fsp3) is 0.917. The van der Waals surface area contributed by atoms with E-state index < -0.39 is 0 Å². The molecule has 0 aliphatic carbocycles. The summed E-state index contributed by atoms with van der Waals surface area (Å²) >= 11 is 0. The summed E-state index contributed by atoms with van der Waals surface area (Å²) in [5.41, 5.74) is 5.27. The Morgan fingerprint density at radius 2 is 1.93 bits per heavy atom. The fourth-order valence-electron chi connectivity index (χ4n) is 1.70. The van der Waals surface area contributed by atoms with Crippen LogP contribution in [0.5, 0.6) is 0 Å². The van der Waals surface area contributed by atoms with Crippen molar-refractivity contribution in [1.29, 1.82) is 0 Å². The number of nitrogens with two attached hydrogens (primary N) is 1. The van der Waals surface area contributed by atoms with Crippen LogP contribution in [0.25, 0.3) is 0 Å². The molecule has 3 heteroatoms. The largest absolute Gasteiger partial charge is 0.368 e. The van der Waals surface area contributed by atoms with Crippen LogP contribution in [0, 0.1) is 5.92 Å². The number of carbonyl (C=O) groups excluding carboxylic acids is 1. The maximum absolute atomic E-state index is 11.0. The molecular formula is C12H26N2O. The second kappa shape index (κ2) is 8.72. The Morgan fingerprint density at radius 3 is 2.33 bits per heavy atom. The third-order valence-corrected chi connectivity index (χ3v) is 2.95. The van der Waals surface area contributed by atoms with E-state index in [9.17, 15) is 4.79 Å². The van der Waals surface area contributed by atoms with Crippen LogP contribution in [0.1, 0.15) is 52.9 Å². The zero-order chi connectivity index (χ0) is 11.7. The molecule has 0 bridgehead atoms. The van der Waals surface area contributed by atoms with Crippen LogP contribution in [0.4, 0.5) is 0 Å². The number of nitrogens with one attached hydrogen (secondary N) is 1. The SMILES string of the molecule is CCCCC(CC)CNC(CC)C(N)=O. The lowest BCUT2D eigenvalue weighted by molar-refractivity contribution is -0.120. The van der Waals surface area contributed by atoms with Gasteiger partial charge in [-0.05, 0) is 25.3 Å². The third-order valence-electron chi connectivity index (χ3n) is 2.95. The minimum absolute atomic E-state index is 0.152. The Labute approximate surface area is 93.8 Å². The zero-order valence-corrected chi connectivity index (χ0v) is 10.4. The van der Waals surface area contributed by atoms with Crippen LogP contribution in [-0.2, 0) is 4.79 Å². The summed E-state index contributed by atoms with van der Waals surface area (Å²) in [6.07, 6.45) is 5.70. The van der Waals surface area contributed by atoms with Crippen molar-refractivity contribution in [3.63, 3.8) is 0 Å². The lowest BCUT2D eigenvalue weighted by atomic mass is 9.99. The molecule has 0 fully saturated rings. The van der Waals surface area contributed by atoms with Gasteiger partial charge in [0.2, 0.25) is 5.91 Å². The molecule has 0 heterocycles. The molecule has 0 saturated heterocycles. The quantitative estimate of drug-likeness (QED) is 0.617. The van der Waals surface area contributed by atoms with E-state index in [-0.39, 0.29) is 11.9 Å². The Balaban J connectivity index is 3.81. The van der Waals surface area contributed by atoms with Gasteiger partial charge in [0, 0.05) is 0 Å². The van der Waals surface area contributed by atoms with Crippen molar-refractivity contribution < 1.29 is 4.79 Å². The zero-order valence-electron chi connectivity index (χ0n) is 10.4. The fourth-order valence-corrected chi connectivity index (χ4v) is 1.70. The molecule has 0 aromatic carbocycles. The van der Waals surface area contributed by atoms with E-state index in [4.69, 9.17) is 5.73 Å². The van der Waals surface area contributed by atoms with E-state index in [0.29, 0.717) is 5.92 Å². The van der Waals surface area contributed by atoms with E-state index in [1.807, 2.05) is 6.92 Å². The van der Waals surface area contributed by atoms with Gasteiger partial charge in [-0.1, -0.05) is 40.0 Å². The molecule has 2 unspecified atom stereocenters. The number of primary amides is 1. The Bertz CT molecular complexity index is 171. The summed E-state index contributed by atoms with van der Waals surface area (Å²) in [6.45, 7) is 7.30. The van der Waals surface area contributed by atoms with Gasteiger partial charge in [-0.25, -0.2) is 0 Å². The molecule has 0 radical (unpaired) electrons. The average Bonchev–Trinajstić information content (AvgIpc) is 2.23. The van der Waals surface area contributed by atoms with E-state index in [1.165, 1.54) is 25.7 Å².